The third kappa shape index (κ3) is 4.96. The highest BCUT2D eigenvalue weighted by Crippen LogP contribution is 2.41. The molecule has 23 heavy (non-hydrogen) atoms. The zero-order valence-electron chi connectivity index (χ0n) is 14.2. The third-order valence-corrected chi connectivity index (χ3v) is 4.29. The molecule has 1 aromatic carbocycles. The number of amides is 2. The van der Waals surface area contributed by atoms with Crippen molar-refractivity contribution in [3.8, 4) is 0 Å². The average molecular weight is 337 g/mol. The van der Waals surface area contributed by atoms with Crippen LogP contribution in [0.5, 0.6) is 0 Å². The van der Waals surface area contributed by atoms with Crippen LogP contribution in [0, 0.1) is 11.3 Å². The number of hydrogen-bond acceptors (Lipinski definition) is 2. The van der Waals surface area contributed by atoms with E-state index in [1.165, 1.54) is 0 Å². The smallest absolute Gasteiger partial charge is 0.242 e. The maximum Gasteiger partial charge on any atom is 0.242 e. The third-order valence-electron chi connectivity index (χ3n) is 4.04. The second-order valence-corrected chi connectivity index (χ2v) is 7.76. The van der Waals surface area contributed by atoms with Gasteiger partial charge in [0.25, 0.3) is 0 Å². The Morgan fingerprint density at radius 2 is 1.70 bits per heavy atom. The second kappa shape index (κ2) is 6.91. The lowest BCUT2D eigenvalue weighted by Crippen LogP contribution is -2.49. The highest BCUT2D eigenvalue weighted by Gasteiger charge is 2.34. The van der Waals surface area contributed by atoms with Gasteiger partial charge < -0.3 is 10.6 Å². The molecule has 2 atom stereocenters. The molecular formula is C18H25ClN2O2. The Morgan fingerprint density at radius 3 is 2.17 bits per heavy atom. The maximum atomic E-state index is 12.4. The lowest BCUT2D eigenvalue weighted by atomic mass is 9.95. The molecule has 2 rings (SSSR count). The molecule has 0 aromatic heterocycles. The molecule has 2 unspecified atom stereocenters. The van der Waals surface area contributed by atoms with Crippen molar-refractivity contribution in [2.75, 3.05) is 0 Å². The van der Waals surface area contributed by atoms with E-state index >= 15 is 0 Å². The summed E-state index contributed by atoms with van der Waals surface area (Å²) in [6, 6.07) is 6.99. The van der Waals surface area contributed by atoms with Gasteiger partial charge in [0.1, 0.15) is 6.04 Å². The monoisotopic (exact) mass is 336 g/mol. The number of benzene rings is 1. The fraction of sp³-hybridized carbons (Fsp3) is 0.556. The SMILES string of the molecule is CC(NC(=O)C(C)(C)C)C(=O)NC(c1ccc(Cl)cc1)C1CC1. The summed E-state index contributed by atoms with van der Waals surface area (Å²) in [4.78, 5) is 24.4. The van der Waals surface area contributed by atoms with E-state index in [0.717, 1.165) is 18.4 Å². The molecule has 1 saturated carbocycles. The number of nitrogens with one attached hydrogen (secondary N) is 2. The van der Waals surface area contributed by atoms with Gasteiger partial charge in [0.05, 0.1) is 6.04 Å². The molecular weight excluding hydrogens is 312 g/mol. The fourth-order valence-corrected chi connectivity index (χ4v) is 2.46. The van der Waals surface area contributed by atoms with E-state index in [1.54, 1.807) is 6.92 Å². The molecule has 1 aliphatic rings. The van der Waals surface area contributed by atoms with Crippen molar-refractivity contribution in [2.45, 2.75) is 52.6 Å². The number of hydrogen-bond donors (Lipinski definition) is 2. The number of halogens is 1. The van der Waals surface area contributed by atoms with Gasteiger partial charge in [-0.25, -0.2) is 0 Å². The Hall–Kier alpha value is -1.55. The van der Waals surface area contributed by atoms with Gasteiger partial charge in [-0.2, -0.15) is 0 Å². The zero-order valence-corrected chi connectivity index (χ0v) is 14.9. The molecule has 0 heterocycles. The van der Waals surface area contributed by atoms with Crippen LogP contribution in [0.3, 0.4) is 0 Å². The van der Waals surface area contributed by atoms with Crippen molar-refractivity contribution in [1.82, 2.24) is 10.6 Å². The molecule has 0 spiro atoms. The summed E-state index contributed by atoms with van der Waals surface area (Å²) in [7, 11) is 0. The summed E-state index contributed by atoms with van der Waals surface area (Å²) in [5.74, 6) is 0.176. The zero-order chi connectivity index (χ0) is 17.2. The maximum absolute atomic E-state index is 12.4. The van der Waals surface area contributed by atoms with E-state index in [2.05, 4.69) is 10.6 Å². The van der Waals surface area contributed by atoms with E-state index in [0.29, 0.717) is 10.9 Å². The molecule has 0 aliphatic heterocycles. The summed E-state index contributed by atoms with van der Waals surface area (Å²) in [5, 5.41) is 6.53. The molecule has 0 bridgehead atoms. The van der Waals surface area contributed by atoms with E-state index in [9.17, 15) is 9.59 Å². The lowest BCUT2D eigenvalue weighted by Gasteiger charge is -2.24. The van der Waals surface area contributed by atoms with E-state index in [-0.39, 0.29) is 17.9 Å². The van der Waals surface area contributed by atoms with Crippen LogP contribution in [-0.4, -0.2) is 17.9 Å². The average Bonchev–Trinajstić information content (AvgIpc) is 3.29. The highest BCUT2D eigenvalue weighted by atomic mass is 35.5. The molecule has 5 heteroatoms. The second-order valence-electron chi connectivity index (χ2n) is 7.32. The van der Waals surface area contributed by atoms with Crippen molar-refractivity contribution < 1.29 is 9.59 Å². The first kappa shape index (κ1) is 17.8. The summed E-state index contributed by atoms with van der Waals surface area (Å²) in [6.07, 6.45) is 2.21. The summed E-state index contributed by atoms with van der Waals surface area (Å²) >= 11 is 5.93. The molecule has 0 radical (unpaired) electrons. The number of carbonyl (C=O) groups is 2. The number of rotatable bonds is 5. The molecule has 2 N–H and O–H groups in total. The lowest BCUT2D eigenvalue weighted by molar-refractivity contribution is -0.133. The van der Waals surface area contributed by atoms with Gasteiger partial charge in [-0.1, -0.05) is 44.5 Å². The Bertz CT molecular complexity index is 574. The summed E-state index contributed by atoms with van der Waals surface area (Å²) < 4.78 is 0. The molecule has 1 aromatic rings. The molecule has 1 fully saturated rings. The first-order valence-electron chi connectivity index (χ1n) is 8.05. The molecule has 0 saturated heterocycles. The van der Waals surface area contributed by atoms with Crippen LogP contribution >= 0.6 is 11.6 Å². The highest BCUT2D eigenvalue weighted by molar-refractivity contribution is 6.30. The van der Waals surface area contributed by atoms with Crippen molar-refractivity contribution >= 4 is 23.4 Å². The normalized spacial score (nSPS) is 17.3. The molecule has 4 nitrogen and oxygen atoms in total. The van der Waals surface area contributed by atoms with Crippen molar-refractivity contribution in [1.29, 1.82) is 0 Å². The van der Waals surface area contributed by atoms with E-state index in [1.807, 2.05) is 45.0 Å². The van der Waals surface area contributed by atoms with Gasteiger partial charge >= 0.3 is 0 Å². The Labute approximate surface area is 143 Å². The van der Waals surface area contributed by atoms with Crippen LogP contribution in [0.15, 0.2) is 24.3 Å². The van der Waals surface area contributed by atoms with Crippen LogP contribution in [-0.2, 0) is 9.59 Å². The van der Waals surface area contributed by atoms with Gasteiger partial charge in [0.15, 0.2) is 0 Å². The molecule has 2 amide bonds. The van der Waals surface area contributed by atoms with Gasteiger partial charge in [-0.3, -0.25) is 9.59 Å². The van der Waals surface area contributed by atoms with Gasteiger partial charge in [-0.05, 0) is 43.4 Å². The van der Waals surface area contributed by atoms with Crippen LogP contribution in [0.4, 0.5) is 0 Å². The standard InChI is InChI=1S/C18H25ClN2O2/c1-11(20-17(23)18(2,3)4)16(22)21-15(12-5-6-12)13-7-9-14(19)10-8-13/h7-12,15H,5-6H2,1-4H3,(H,20,23)(H,21,22). The topological polar surface area (TPSA) is 58.2 Å². The Morgan fingerprint density at radius 1 is 1.13 bits per heavy atom. The van der Waals surface area contributed by atoms with Gasteiger partial charge in [-0.15, -0.1) is 0 Å². The minimum absolute atomic E-state index is 0.0197. The quantitative estimate of drug-likeness (QED) is 0.865. The number of carbonyl (C=O) groups excluding carboxylic acids is 2. The minimum atomic E-state index is -0.560. The molecule has 126 valence electrons. The van der Waals surface area contributed by atoms with E-state index < -0.39 is 11.5 Å². The fourth-order valence-electron chi connectivity index (χ4n) is 2.33. The minimum Gasteiger partial charge on any atom is -0.347 e. The molecule has 1 aliphatic carbocycles. The first-order valence-corrected chi connectivity index (χ1v) is 8.43. The first-order chi connectivity index (χ1) is 10.7. The van der Waals surface area contributed by atoms with Crippen LogP contribution < -0.4 is 10.6 Å². The Balaban J connectivity index is 2.01. The Kier molecular flexibility index (Phi) is 5.35. The summed E-state index contributed by atoms with van der Waals surface area (Å²) in [6.45, 7) is 7.19. The van der Waals surface area contributed by atoms with Gasteiger partial charge in [0.2, 0.25) is 11.8 Å². The van der Waals surface area contributed by atoms with Gasteiger partial charge in [0, 0.05) is 10.4 Å². The van der Waals surface area contributed by atoms with E-state index in [4.69, 9.17) is 11.6 Å². The van der Waals surface area contributed by atoms with Crippen molar-refractivity contribution in [3.63, 3.8) is 0 Å². The largest absolute Gasteiger partial charge is 0.347 e. The van der Waals surface area contributed by atoms with Crippen LogP contribution in [0.2, 0.25) is 5.02 Å². The predicted octanol–water partition coefficient (Wildman–Crippen LogP) is 3.46. The van der Waals surface area contributed by atoms with Crippen LogP contribution in [0.25, 0.3) is 0 Å². The predicted molar refractivity (Wildman–Crippen MR) is 92.1 cm³/mol. The summed E-state index contributed by atoms with van der Waals surface area (Å²) in [5.41, 5.74) is 0.542. The van der Waals surface area contributed by atoms with Crippen molar-refractivity contribution in [3.05, 3.63) is 34.9 Å². The van der Waals surface area contributed by atoms with Crippen LogP contribution in [0.1, 0.15) is 52.1 Å². The van der Waals surface area contributed by atoms with Crippen molar-refractivity contribution in [2.24, 2.45) is 11.3 Å².